The van der Waals surface area contributed by atoms with Gasteiger partial charge in [0.2, 0.25) is 0 Å². The second-order valence-electron chi connectivity index (χ2n) is 5.63. The molecule has 4 nitrogen and oxygen atoms in total. The minimum absolute atomic E-state index is 0.603. The van der Waals surface area contributed by atoms with E-state index in [0.717, 1.165) is 29.4 Å². The van der Waals surface area contributed by atoms with Crippen molar-refractivity contribution in [2.45, 2.75) is 45.1 Å². The van der Waals surface area contributed by atoms with Crippen LogP contribution >= 0.6 is 0 Å². The van der Waals surface area contributed by atoms with Crippen molar-refractivity contribution in [2.75, 3.05) is 30.4 Å². The van der Waals surface area contributed by atoms with Gasteiger partial charge < -0.3 is 20.1 Å². The first-order valence-corrected chi connectivity index (χ1v) is 7.75. The molecule has 0 aromatic heterocycles. The lowest BCUT2D eigenvalue weighted by molar-refractivity contribution is 0.171. The molecule has 1 aromatic rings. The first-order valence-electron chi connectivity index (χ1n) is 7.75. The van der Waals surface area contributed by atoms with Crippen molar-refractivity contribution < 1.29 is 9.47 Å². The van der Waals surface area contributed by atoms with Gasteiger partial charge in [0, 0.05) is 24.7 Å². The average Bonchev–Trinajstić information content (AvgIpc) is 2.49. The summed E-state index contributed by atoms with van der Waals surface area (Å²) in [6.07, 6.45) is 6.55. The molecule has 2 aliphatic rings. The Bertz CT molecular complexity index is 470. The summed E-state index contributed by atoms with van der Waals surface area (Å²) in [5.41, 5.74) is 8.14. The van der Waals surface area contributed by atoms with E-state index in [2.05, 4.69) is 17.9 Å². The third-order valence-corrected chi connectivity index (χ3v) is 4.36. The molecule has 1 fully saturated rings. The van der Waals surface area contributed by atoms with Crippen LogP contribution in [-0.4, -0.2) is 25.8 Å². The molecule has 0 spiro atoms. The molecule has 110 valence electrons. The lowest BCUT2D eigenvalue weighted by Gasteiger charge is -2.36. The summed E-state index contributed by atoms with van der Waals surface area (Å²) >= 11 is 0. The van der Waals surface area contributed by atoms with E-state index in [1.165, 1.54) is 32.1 Å². The van der Waals surface area contributed by atoms with E-state index in [1.54, 1.807) is 0 Å². The lowest BCUT2D eigenvalue weighted by atomic mass is 9.93. The largest absolute Gasteiger partial charge is 0.486 e. The summed E-state index contributed by atoms with van der Waals surface area (Å²) in [6.45, 7) is 4.40. The highest BCUT2D eigenvalue weighted by Crippen LogP contribution is 2.40. The van der Waals surface area contributed by atoms with Crippen LogP contribution in [0.4, 0.5) is 11.4 Å². The van der Waals surface area contributed by atoms with Crippen LogP contribution in [-0.2, 0) is 0 Å². The van der Waals surface area contributed by atoms with Gasteiger partial charge in [-0.2, -0.15) is 0 Å². The van der Waals surface area contributed by atoms with Gasteiger partial charge in [-0.1, -0.05) is 19.3 Å². The average molecular weight is 276 g/mol. The standard InChI is InChI=1S/C16H24N2O2/c1-2-18(12-6-4-3-5-7-12)14-11-16-15(10-13(14)17)19-8-9-20-16/h10-12H,2-9,17H2,1H3. The second kappa shape index (κ2) is 5.81. The number of benzene rings is 1. The zero-order valence-electron chi connectivity index (χ0n) is 12.2. The molecule has 0 bridgehead atoms. The lowest BCUT2D eigenvalue weighted by Crippen LogP contribution is -2.37. The summed E-state index contributed by atoms with van der Waals surface area (Å²) in [7, 11) is 0. The van der Waals surface area contributed by atoms with E-state index < -0.39 is 0 Å². The first-order chi connectivity index (χ1) is 9.79. The molecule has 0 radical (unpaired) electrons. The number of rotatable bonds is 3. The fraction of sp³-hybridized carbons (Fsp3) is 0.625. The summed E-state index contributed by atoms with van der Waals surface area (Å²) < 4.78 is 11.3. The Morgan fingerprint density at radius 1 is 1.10 bits per heavy atom. The van der Waals surface area contributed by atoms with Crippen LogP contribution in [0.25, 0.3) is 0 Å². The maximum Gasteiger partial charge on any atom is 0.163 e. The van der Waals surface area contributed by atoms with Gasteiger partial charge in [-0.05, 0) is 19.8 Å². The van der Waals surface area contributed by atoms with E-state index in [4.69, 9.17) is 15.2 Å². The normalized spacial score (nSPS) is 18.9. The van der Waals surface area contributed by atoms with Crippen molar-refractivity contribution in [3.63, 3.8) is 0 Å². The molecular formula is C16H24N2O2. The molecule has 2 N–H and O–H groups in total. The predicted molar refractivity (Wildman–Crippen MR) is 81.7 cm³/mol. The fourth-order valence-corrected chi connectivity index (χ4v) is 3.36. The number of hydrogen-bond donors (Lipinski definition) is 1. The van der Waals surface area contributed by atoms with Crippen molar-refractivity contribution >= 4 is 11.4 Å². The van der Waals surface area contributed by atoms with E-state index >= 15 is 0 Å². The van der Waals surface area contributed by atoms with Gasteiger partial charge in [-0.15, -0.1) is 0 Å². The smallest absolute Gasteiger partial charge is 0.163 e. The van der Waals surface area contributed by atoms with Crippen LogP contribution in [0.1, 0.15) is 39.0 Å². The molecule has 1 saturated carbocycles. The Kier molecular flexibility index (Phi) is 3.90. The third-order valence-electron chi connectivity index (χ3n) is 4.36. The number of nitrogens with zero attached hydrogens (tertiary/aromatic N) is 1. The molecule has 1 aromatic carbocycles. The molecule has 0 amide bonds. The molecule has 1 aliphatic carbocycles. The van der Waals surface area contributed by atoms with Crippen LogP contribution in [0.15, 0.2) is 12.1 Å². The van der Waals surface area contributed by atoms with Crippen LogP contribution in [0.3, 0.4) is 0 Å². The summed E-state index contributed by atoms with van der Waals surface area (Å²) in [5.74, 6) is 1.60. The zero-order valence-corrected chi connectivity index (χ0v) is 12.2. The Balaban J connectivity index is 1.90. The van der Waals surface area contributed by atoms with Gasteiger partial charge in [-0.3, -0.25) is 0 Å². The maximum atomic E-state index is 6.25. The minimum Gasteiger partial charge on any atom is -0.486 e. The number of nitrogens with two attached hydrogens (primary N) is 1. The Morgan fingerprint density at radius 2 is 1.75 bits per heavy atom. The van der Waals surface area contributed by atoms with Crippen molar-refractivity contribution in [3.05, 3.63) is 12.1 Å². The van der Waals surface area contributed by atoms with Gasteiger partial charge in [0.05, 0.1) is 11.4 Å². The quantitative estimate of drug-likeness (QED) is 0.861. The monoisotopic (exact) mass is 276 g/mol. The van der Waals surface area contributed by atoms with E-state index in [1.807, 2.05) is 6.07 Å². The first kappa shape index (κ1) is 13.4. The SMILES string of the molecule is CCN(c1cc2c(cc1N)OCCO2)C1CCCCC1. The van der Waals surface area contributed by atoms with Crippen LogP contribution in [0, 0.1) is 0 Å². The molecule has 0 atom stereocenters. The van der Waals surface area contributed by atoms with E-state index in [0.29, 0.717) is 19.3 Å². The van der Waals surface area contributed by atoms with Crippen LogP contribution in [0.2, 0.25) is 0 Å². The third kappa shape index (κ3) is 2.51. The predicted octanol–water partition coefficient (Wildman–Crippen LogP) is 3.20. The molecule has 0 saturated heterocycles. The van der Waals surface area contributed by atoms with Gasteiger partial charge in [0.25, 0.3) is 0 Å². The number of hydrogen-bond acceptors (Lipinski definition) is 4. The minimum atomic E-state index is 0.603. The summed E-state index contributed by atoms with van der Waals surface area (Å²) in [5, 5.41) is 0. The van der Waals surface area contributed by atoms with Gasteiger partial charge >= 0.3 is 0 Å². The van der Waals surface area contributed by atoms with Gasteiger partial charge in [0.15, 0.2) is 11.5 Å². The Labute approximate surface area is 120 Å². The highest BCUT2D eigenvalue weighted by atomic mass is 16.6. The van der Waals surface area contributed by atoms with Crippen molar-refractivity contribution in [1.29, 1.82) is 0 Å². The van der Waals surface area contributed by atoms with Crippen molar-refractivity contribution in [1.82, 2.24) is 0 Å². The molecule has 1 aliphatic heterocycles. The van der Waals surface area contributed by atoms with Crippen LogP contribution in [0.5, 0.6) is 11.5 Å². The fourth-order valence-electron chi connectivity index (χ4n) is 3.36. The molecule has 3 rings (SSSR count). The van der Waals surface area contributed by atoms with E-state index in [9.17, 15) is 0 Å². The zero-order chi connectivity index (χ0) is 13.9. The van der Waals surface area contributed by atoms with Gasteiger partial charge in [0.1, 0.15) is 13.2 Å². The molecular weight excluding hydrogens is 252 g/mol. The number of ether oxygens (including phenoxy) is 2. The summed E-state index contributed by atoms with van der Waals surface area (Å²) in [4.78, 5) is 2.44. The highest BCUT2D eigenvalue weighted by Gasteiger charge is 2.24. The Morgan fingerprint density at radius 3 is 2.40 bits per heavy atom. The topological polar surface area (TPSA) is 47.7 Å². The summed E-state index contributed by atoms with van der Waals surface area (Å²) in [6, 6.07) is 4.58. The molecule has 20 heavy (non-hydrogen) atoms. The molecule has 1 heterocycles. The van der Waals surface area contributed by atoms with Crippen molar-refractivity contribution in [3.8, 4) is 11.5 Å². The molecule has 0 unspecified atom stereocenters. The van der Waals surface area contributed by atoms with E-state index in [-0.39, 0.29) is 0 Å². The van der Waals surface area contributed by atoms with Crippen molar-refractivity contribution in [2.24, 2.45) is 0 Å². The maximum absolute atomic E-state index is 6.25. The number of fused-ring (bicyclic) bond motifs is 1. The molecule has 4 heteroatoms. The highest BCUT2D eigenvalue weighted by molar-refractivity contribution is 5.73. The number of nitrogen functional groups attached to an aromatic ring is 1. The Hall–Kier alpha value is -1.58. The second-order valence-corrected chi connectivity index (χ2v) is 5.63. The van der Waals surface area contributed by atoms with Crippen LogP contribution < -0.4 is 20.1 Å². The van der Waals surface area contributed by atoms with Gasteiger partial charge in [-0.25, -0.2) is 0 Å². The number of anilines is 2.